The molecular formula is C23H18N4O3. The Labute approximate surface area is 172 Å². The van der Waals surface area contributed by atoms with Gasteiger partial charge in [-0.3, -0.25) is 9.79 Å². The molecule has 0 radical (unpaired) electrons. The SMILES string of the molecule is O=C(N/N=C/c1ccccc1O)c1[nH]c2ccccc2c1N=Cc1ccccc1O. The molecule has 0 unspecified atom stereocenters. The Balaban J connectivity index is 1.65. The van der Waals surface area contributed by atoms with Gasteiger partial charge in [0, 0.05) is 28.2 Å². The molecule has 0 spiro atoms. The summed E-state index contributed by atoms with van der Waals surface area (Å²) in [6, 6.07) is 20.9. The van der Waals surface area contributed by atoms with Gasteiger partial charge in [-0.15, -0.1) is 0 Å². The highest BCUT2D eigenvalue weighted by molar-refractivity contribution is 6.08. The number of rotatable bonds is 5. The summed E-state index contributed by atoms with van der Waals surface area (Å²) in [7, 11) is 0. The number of para-hydroxylation sites is 3. The van der Waals surface area contributed by atoms with Gasteiger partial charge < -0.3 is 15.2 Å². The van der Waals surface area contributed by atoms with Crippen LogP contribution in [0.4, 0.5) is 5.69 Å². The van der Waals surface area contributed by atoms with Crippen molar-refractivity contribution in [3.63, 3.8) is 0 Å². The van der Waals surface area contributed by atoms with Crippen LogP contribution in [0.15, 0.2) is 82.9 Å². The summed E-state index contributed by atoms with van der Waals surface area (Å²) in [5.41, 5.74) is 4.88. The Hall–Kier alpha value is -4.39. The minimum absolute atomic E-state index is 0.0640. The molecule has 4 N–H and O–H groups in total. The van der Waals surface area contributed by atoms with Crippen molar-refractivity contribution in [2.24, 2.45) is 10.1 Å². The van der Waals surface area contributed by atoms with Gasteiger partial charge in [0.05, 0.1) is 6.21 Å². The van der Waals surface area contributed by atoms with E-state index < -0.39 is 5.91 Å². The average molecular weight is 398 g/mol. The van der Waals surface area contributed by atoms with E-state index in [-0.39, 0.29) is 17.2 Å². The number of aliphatic imine (C=N–C) groups is 1. The highest BCUT2D eigenvalue weighted by Gasteiger charge is 2.17. The van der Waals surface area contributed by atoms with Crippen LogP contribution in [-0.4, -0.2) is 33.5 Å². The fourth-order valence-electron chi connectivity index (χ4n) is 2.97. The largest absolute Gasteiger partial charge is 0.507 e. The molecule has 0 bridgehead atoms. The van der Waals surface area contributed by atoms with Gasteiger partial charge in [-0.2, -0.15) is 5.10 Å². The van der Waals surface area contributed by atoms with Crippen LogP contribution in [0.5, 0.6) is 11.5 Å². The van der Waals surface area contributed by atoms with Crippen LogP contribution < -0.4 is 5.43 Å². The second kappa shape index (κ2) is 8.32. The van der Waals surface area contributed by atoms with E-state index in [2.05, 4.69) is 20.5 Å². The summed E-state index contributed by atoms with van der Waals surface area (Å²) in [6.07, 6.45) is 2.87. The summed E-state index contributed by atoms with van der Waals surface area (Å²) in [4.78, 5) is 20.3. The predicted molar refractivity (Wildman–Crippen MR) is 117 cm³/mol. The first-order chi connectivity index (χ1) is 14.6. The lowest BCUT2D eigenvalue weighted by atomic mass is 10.2. The van der Waals surface area contributed by atoms with Crippen LogP contribution in [0.2, 0.25) is 0 Å². The highest BCUT2D eigenvalue weighted by Crippen LogP contribution is 2.30. The Kier molecular flexibility index (Phi) is 5.25. The lowest BCUT2D eigenvalue weighted by Gasteiger charge is -2.01. The van der Waals surface area contributed by atoms with E-state index in [1.165, 1.54) is 18.5 Å². The number of nitrogens with zero attached hydrogens (tertiary/aromatic N) is 2. The fourth-order valence-corrected chi connectivity index (χ4v) is 2.97. The summed E-state index contributed by atoms with van der Waals surface area (Å²) < 4.78 is 0. The van der Waals surface area contributed by atoms with E-state index in [0.29, 0.717) is 16.8 Å². The van der Waals surface area contributed by atoms with E-state index in [9.17, 15) is 15.0 Å². The normalized spacial score (nSPS) is 11.5. The van der Waals surface area contributed by atoms with Crippen molar-refractivity contribution in [2.75, 3.05) is 0 Å². The zero-order valence-corrected chi connectivity index (χ0v) is 15.8. The molecule has 30 heavy (non-hydrogen) atoms. The number of fused-ring (bicyclic) bond motifs is 1. The van der Waals surface area contributed by atoms with Crippen LogP contribution in [0.1, 0.15) is 21.6 Å². The van der Waals surface area contributed by atoms with Gasteiger partial charge in [-0.25, -0.2) is 5.43 Å². The first-order valence-electron chi connectivity index (χ1n) is 9.17. The molecule has 4 rings (SSSR count). The van der Waals surface area contributed by atoms with E-state index in [0.717, 1.165) is 10.9 Å². The van der Waals surface area contributed by atoms with E-state index in [1.54, 1.807) is 42.5 Å². The standard InChI is InChI=1S/C23H18N4O3/c28-19-11-5-1-7-15(19)13-24-21-17-9-3-4-10-18(17)26-22(21)23(30)27-25-14-16-8-2-6-12-20(16)29/h1-14,26,28-29H,(H,27,30)/b24-13?,25-14+. The number of phenolic OH excluding ortho intramolecular Hbond substituents is 2. The Bertz CT molecular complexity index is 1270. The maximum Gasteiger partial charge on any atom is 0.290 e. The molecule has 7 heteroatoms. The summed E-state index contributed by atoms with van der Waals surface area (Å²) in [5.74, 6) is -0.323. The zero-order valence-electron chi connectivity index (χ0n) is 15.8. The molecule has 0 aliphatic carbocycles. The van der Waals surface area contributed by atoms with Gasteiger partial charge in [0.2, 0.25) is 0 Å². The van der Waals surface area contributed by atoms with E-state index in [1.807, 2.05) is 24.3 Å². The number of carbonyl (C=O) groups is 1. The molecular weight excluding hydrogens is 380 g/mol. The minimum Gasteiger partial charge on any atom is -0.507 e. The van der Waals surface area contributed by atoms with Crippen LogP contribution in [0, 0.1) is 0 Å². The first kappa shape index (κ1) is 18.9. The number of carbonyl (C=O) groups excluding carboxylic acids is 1. The number of hydrogen-bond donors (Lipinski definition) is 4. The highest BCUT2D eigenvalue weighted by atomic mass is 16.3. The third-order valence-corrected chi connectivity index (χ3v) is 4.48. The van der Waals surface area contributed by atoms with Crippen LogP contribution in [-0.2, 0) is 0 Å². The molecule has 1 aromatic heterocycles. The number of amides is 1. The van der Waals surface area contributed by atoms with E-state index >= 15 is 0 Å². The molecule has 0 aliphatic heterocycles. The van der Waals surface area contributed by atoms with Crippen LogP contribution >= 0.6 is 0 Å². The number of aromatic amines is 1. The van der Waals surface area contributed by atoms with Gasteiger partial charge >= 0.3 is 0 Å². The Morgan fingerprint density at radius 1 is 0.833 bits per heavy atom. The smallest absolute Gasteiger partial charge is 0.290 e. The van der Waals surface area contributed by atoms with Crippen molar-refractivity contribution in [1.29, 1.82) is 0 Å². The van der Waals surface area contributed by atoms with Crippen LogP contribution in [0.25, 0.3) is 10.9 Å². The Morgan fingerprint density at radius 2 is 1.43 bits per heavy atom. The quantitative estimate of drug-likeness (QED) is 0.300. The molecule has 1 heterocycles. The van der Waals surface area contributed by atoms with Gasteiger partial charge in [0.25, 0.3) is 5.91 Å². The van der Waals surface area contributed by atoms with Crippen molar-refractivity contribution in [3.8, 4) is 11.5 Å². The third-order valence-electron chi connectivity index (χ3n) is 4.48. The van der Waals surface area contributed by atoms with Crippen molar-refractivity contribution >= 4 is 34.9 Å². The lowest BCUT2D eigenvalue weighted by Crippen LogP contribution is -2.18. The Morgan fingerprint density at radius 3 is 2.13 bits per heavy atom. The van der Waals surface area contributed by atoms with Gasteiger partial charge in [-0.1, -0.05) is 42.5 Å². The predicted octanol–water partition coefficient (Wildman–Crippen LogP) is 4.09. The number of aromatic nitrogens is 1. The number of nitrogens with one attached hydrogen (secondary N) is 2. The van der Waals surface area contributed by atoms with Crippen molar-refractivity contribution in [2.45, 2.75) is 0 Å². The molecule has 0 atom stereocenters. The second-order valence-corrected chi connectivity index (χ2v) is 6.47. The number of benzene rings is 3. The van der Waals surface area contributed by atoms with Crippen molar-refractivity contribution in [3.05, 3.63) is 89.6 Å². The number of phenols is 2. The van der Waals surface area contributed by atoms with Gasteiger partial charge in [0.15, 0.2) is 0 Å². The molecule has 7 nitrogen and oxygen atoms in total. The molecule has 4 aromatic rings. The first-order valence-corrected chi connectivity index (χ1v) is 9.17. The van der Waals surface area contributed by atoms with Gasteiger partial charge in [0.1, 0.15) is 22.9 Å². The lowest BCUT2D eigenvalue weighted by molar-refractivity contribution is 0.0951. The summed E-state index contributed by atoms with van der Waals surface area (Å²) >= 11 is 0. The van der Waals surface area contributed by atoms with Crippen molar-refractivity contribution < 1.29 is 15.0 Å². The molecule has 148 valence electrons. The minimum atomic E-state index is -0.484. The molecule has 0 saturated heterocycles. The molecule has 1 amide bonds. The number of hydrazone groups is 1. The summed E-state index contributed by atoms with van der Waals surface area (Å²) in [6.45, 7) is 0. The molecule has 0 fully saturated rings. The van der Waals surface area contributed by atoms with Gasteiger partial charge in [-0.05, 0) is 30.3 Å². The van der Waals surface area contributed by atoms with E-state index in [4.69, 9.17) is 0 Å². The maximum atomic E-state index is 12.7. The molecule has 0 saturated carbocycles. The third kappa shape index (κ3) is 3.90. The monoisotopic (exact) mass is 398 g/mol. The number of hydrogen-bond acceptors (Lipinski definition) is 5. The zero-order chi connectivity index (χ0) is 20.9. The number of H-pyrrole nitrogens is 1. The number of aromatic hydroxyl groups is 2. The molecule has 3 aromatic carbocycles. The average Bonchev–Trinajstić information content (AvgIpc) is 3.13. The fraction of sp³-hybridized carbons (Fsp3) is 0. The summed E-state index contributed by atoms with van der Waals surface area (Å²) in [5, 5.41) is 24.4. The topological polar surface area (TPSA) is 110 Å². The van der Waals surface area contributed by atoms with Crippen LogP contribution in [0.3, 0.4) is 0 Å². The molecule has 0 aliphatic rings. The maximum absolute atomic E-state index is 12.7. The second-order valence-electron chi connectivity index (χ2n) is 6.47. The van der Waals surface area contributed by atoms with Crippen molar-refractivity contribution in [1.82, 2.24) is 10.4 Å².